The predicted octanol–water partition coefficient (Wildman–Crippen LogP) is 8.75. The van der Waals surface area contributed by atoms with Gasteiger partial charge in [-0.25, -0.2) is 0 Å². The van der Waals surface area contributed by atoms with Gasteiger partial charge in [0.05, 0.1) is 6.08 Å². The molecule has 0 spiro atoms. The van der Waals surface area contributed by atoms with Crippen molar-refractivity contribution in [1.82, 2.24) is 4.68 Å². The van der Waals surface area contributed by atoms with Crippen LogP contribution in [0, 0.1) is 0 Å². The van der Waals surface area contributed by atoms with Crippen LogP contribution in [0.4, 0.5) is 0 Å². The molecule has 2 unspecified atom stereocenters. The lowest BCUT2D eigenvalue weighted by atomic mass is 9.90. The maximum absolute atomic E-state index is 6.53. The van der Waals surface area contributed by atoms with Crippen molar-refractivity contribution in [2.75, 3.05) is 0 Å². The standard InChI is InChI=1S/C39H27N2O/c1-3-12-26(13-4-1)36-25-37(27-14-5-2-6-15-27)41(36)40-34-20-9-7-16-30(34)33-24-28(22-23-35(33)40)29-18-11-19-32-31-17-8-10-21-38(31)42-39(29)32/h1-25,31,38H/q+1. The maximum Gasteiger partial charge on any atom is 0.250 e. The van der Waals surface area contributed by atoms with E-state index in [2.05, 4.69) is 161 Å². The van der Waals surface area contributed by atoms with Gasteiger partial charge in [0.1, 0.15) is 22.9 Å². The molecule has 1 aromatic heterocycles. The first-order valence-corrected chi connectivity index (χ1v) is 14.5. The summed E-state index contributed by atoms with van der Waals surface area (Å²) in [4.78, 5) is 0. The maximum atomic E-state index is 6.53. The molecule has 5 aromatic carbocycles. The average molecular weight is 540 g/mol. The van der Waals surface area contributed by atoms with Gasteiger partial charge in [-0.15, -0.1) is 4.68 Å². The number of fused-ring (bicyclic) bond motifs is 6. The second-order valence-electron chi connectivity index (χ2n) is 11.1. The van der Waals surface area contributed by atoms with Crippen molar-refractivity contribution in [3.8, 4) is 16.9 Å². The Hall–Kier alpha value is -5.41. The first-order chi connectivity index (χ1) is 20.8. The van der Waals surface area contributed by atoms with Crippen LogP contribution in [0.2, 0.25) is 0 Å². The van der Waals surface area contributed by atoms with Gasteiger partial charge in [-0.2, -0.15) is 0 Å². The molecule has 2 aliphatic heterocycles. The van der Waals surface area contributed by atoms with Gasteiger partial charge >= 0.3 is 0 Å². The number of para-hydroxylation sites is 2. The Bertz CT molecular complexity index is 2160. The van der Waals surface area contributed by atoms with E-state index in [-0.39, 0.29) is 12.0 Å². The molecule has 1 aliphatic carbocycles. The Balaban J connectivity index is 1.26. The minimum absolute atomic E-state index is 0.0679. The van der Waals surface area contributed by atoms with E-state index in [9.17, 15) is 0 Å². The molecular weight excluding hydrogens is 512 g/mol. The van der Waals surface area contributed by atoms with Crippen molar-refractivity contribution in [3.05, 3.63) is 168 Å². The Morgan fingerprint density at radius 2 is 1.33 bits per heavy atom. The quantitative estimate of drug-likeness (QED) is 0.205. The monoisotopic (exact) mass is 539 g/mol. The summed E-state index contributed by atoms with van der Waals surface area (Å²) in [6.45, 7) is 0. The smallest absolute Gasteiger partial charge is 0.250 e. The zero-order valence-corrected chi connectivity index (χ0v) is 22.9. The second kappa shape index (κ2) is 9.05. The minimum atomic E-state index is 0.0679. The fourth-order valence-corrected chi connectivity index (χ4v) is 6.79. The molecule has 198 valence electrons. The summed E-state index contributed by atoms with van der Waals surface area (Å²) in [6.07, 6.45) is 11.0. The minimum Gasteiger partial charge on any atom is -0.484 e. The fraction of sp³-hybridized carbons (Fsp3) is 0.0513. The fourth-order valence-electron chi connectivity index (χ4n) is 6.79. The number of aromatic nitrogens is 1. The molecule has 0 radical (unpaired) electrons. The molecule has 0 fully saturated rings. The third-order valence-electron chi connectivity index (χ3n) is 8.77. The number of rotatable bonds is 4. The van der Waals surface area contributed by atoms with Gasteiger partial charge in [-0.3, -0.25) is 0 Å². The van der Waals surface area contributed by atoms with Gasteiger partial charge in [-0.05, 0) is 54.1 Å². The van der Waals surface area contributed by atoms with Gasteiger partial charge in [0.25, 0.3) is 11.4 Å². The second-order valence-corrected chi connectivity index (χ2v) is 11.1. The van der Waals surface area contributed by atoms with E-state index in [0.717, 1.165) is 11.3 Å². The first kappa shape index (κ1) is 23.3. The predicted molar refractivity (Wildman–Crippen MR) is 171 cm³/mol. The molecule has 0 N–H and O–H groups in total. The van der Waals surface area contributed by atoms with Crippen molar-refractivity contribution in [2.45, 2.75) is 12.0 Å². The van der Waals surface area contributed by atoms with Crippen LogP contribution in [0.1, 0.15) is 22.6 Å². The third-order valence-corrected chi connectivity index (χ3v) is 8.77. The zero-order valence-electron chi connectivity index (χ0n) is 22.9. The summed E-state index contributed by atoms with van der Waals surface area (Å²) in [5.74, 6) is 1.28. The highest BCUT2D eigenvalue weighted by atomic mass is 16.5. The normalized spacial score (nSPS) is 18.5. The molecule has 6 aromatic rings. The molecule has 42 heavy (non-hydrogen) atoms. The van der Waals surface area contributed by atoms with Crippen molar-refractivity contribution >= 4 is 33.2 Å². The van der Waals surface area contributed by atoms with Crippen molar-refractivity contribution in [3.63, 3.8) is 0 Å². The topological polar surface area (TPSA) is 17.2 Å². The molecule has 3 heteroatoms. The molecule has 3 nitrogen and oxygen atoms in total. The summed E-state index contributed by atoms with van der Waals surface area (Å²) in [7, 11) is 0. The number of nitrogens with zero attached hydrogens (tertiary/aromatic N) is 2. The summed E-state index contributed by atoms with van der Waals surface area (Å²) in [5, 5.41) is 2.46. The molecule has 0 saturated carbocycles. The summed E-state index contributed by atoms with van der Waals surface area (Å²) >= 11 is 0. The highest BCUT2D eigenvalue weighted by Crippen LogP contribution is 2.47. The lowest BCUT2D eigenvalue weighted by Crippen LogP contribution is -2.32. The molecule has 9 rings (SSSR count). The third kappa shape index (κ3) is 3.37. The zero-order chi connectivity index (χ0) is 27.6. The highest BCUT2D eigenvalue weighted by molar-refractivity contribution is 6.15. The molecular formula is C39H27N2O+. The molecule has 3 heterocycles. The van der Waals surface area contributed by atoms with Crippen LogP contribution in [0.25, 0.3) is 38.6 Å². The van der Waals surface area contributed by atoms with E-state index in [1.54, 1.807) is 0 Å². The van der Waals surface area contributed by atoms with E-state index in [0.29, 0.717) is 0 Å². The van der Waals surface area contributed by atoms with Crippen molar-refractivity contribution in [1.29, 1.82) is 0 Å². The number of benzene rings is 5. The lowest BCUT2D eigenvalue weighted by Gasteiger charge is -2.18. The largest absolute Gasteiger partial charge is 0.484 e. The highest BCUT2D eigenvalue weighted by Gasteiger charge is 2.37. The number of allylic oxidation sites excluding steroid dienone is 3. The Kier molecular flexibility index (Phi) is 5.02. The summed E-state index contributed by atoms with van der Waals surface area (Å²) < 4.78 is 11.3. The van der Waals surface area contributed by atoms with Crippen molar-refractivity contribution in [2.24, 2.45) is 0 Å². The molecule has 2 atom stereocenters. The van der Waals surface area contributed by atoms with Gasteiger partial charge in [0.15, 0.2) is 0 Å². The summed E-state index contributed by atoms with van der Waals surface area (Å²) in [5.41, 5.74) is 10.7. The Morgan fingerprint density at radius 3 is 2.19 bits per heavy atom. The van der Waals surface area contributed by atoms with E-state index in [1.165, 1.54) is 55.5 Å². The van der Waals surface area contributed by atoms with E-state index in [4.69, 9.17) is 4.74 Å². The van der Waals surface area contributed by atoms with E-state index >= 15 is 0 Å². The number of hydrogen-bond donors (Lipinski definition) is 0. The van der Waals surface area contributed by atoms with Crippen LogP contribution >= 0.6 is 0 Å². The van der Waals surface area contributed by atoms with Gasteiger partial charge in [0, 0.05) is 38.9 Å². The van der Waals surface area contributed by atoms with Gasteiger partial charge in [0.2, 0.25) is 0 Å². The van der Waals surface area contributed by atoms with Crippen LogP contribution < -0.4 is 4.74 Å². The SMILES string of the molecule is C1=CC2Oc3c(-c4ccc5c(c4)c4ccccc4n5[N+]4=C(c5ccccc5)C=C4c4ccccc4)cccc3C2C=C1. The molecule has 0 bridgehead atoms. The molecule has 3 aliphatic rings. The van der Waals surface area contributed by atoms with E-state index in [1.807, 2.05) is 0 Å². The Morgan fingerprint density at radius 1 is 0.595 bits per heavy atom. The van der Waals surface area contributed by atoms with Crippen LogP contribution in [0.5, 0.6) is 5.75 Å². The van der Waals surface area contributed by atoms with Gasteiger partial charge < -0.3 is 4.74 Å². The lowest BCUT2D eigenvalue weighted by molar-refractivity contribution is -0.495. The number of ether oxygens (including phenoxy) is 1. The van der Waals surface area contributed by atoms with Crippen LogP contribution in [-0.2, 0) is 0 Å². The van der Waals surface area contributed by atoms with Crippen LogP contribution in [0.3, 0.4) is 0 Å². The average Bonchev–Trinajstić information content (AvgIpc) is 3.58. The molecule has 0 saturated heterocycles. The summed E-state index contributed by atoms with van der Waals surface area (Å²) in [6, 6.07) is 43.5. The van der Waals surface area contributed by atoms with E-state index < -0.39 is 0 Å². The Labute approximate surface area is 244 Å². The first-order valence-electron chi connectivity index (χ1n) is 14.5. The van der Waals surface area contributed by atoms with Gasteiger partial charge in [-0.1, -0.05) is 102 Å². The van der Waals surface area contributed by atoms with Crippen LogP contribution in [0.15, 0.2) is 152 Å². The molecule has 0 amide bonds. The van der Waals surface area contributed by atoms with Crippen LogP contribution in [-0.4, -0.2) is 21.2 Å². The number of hydrogen-bond acceptors (Lipinski definition) is 1. The van der Waals surface area contributed by atoms with Crippen molar-refractivity contribution < 1.29 is 9.42 Å².